The number of carbonyl (C=O) groups excluding carboxylic acids is 1. The van der Waals surface area contributed by atoms with Gasteiger partial charge in [0.1, 0.15) is 23.5 Å². The number of rotatable bonds is 9. The summed E-state index contributed by atoms with van der Waals surface area (Å²) < 4.78 is 26.5. The van der Waals surface area contributed by atoms with Crippen molar-refractivity contribution >= 4 is 11.9 Å². The van der Waals surface area contributed by atoms with Crippen molar-refractivity contribution in [1.82, 2.24) is 20.2 Å². The van der Waals surface area contributed by atoms with E-state index in [-0.39, 0.29) is 23.4 Å². The highest BCUT2D eigenvalue weighted by molar-refractivity contribution is 5.76. The van der Waals surface area contributed by atoms with Crippen molar-refractivity contribution in [3.05, 3.63) is 65.9 Å². The second kappa shape index (κ2) is 13.0. The minimum Gasteiger partial charge on any atom is -0.451 e. The van der Waals surface area contributed by atoms with Crippen LogP contribution in [0.4, 0.5) is 15.0 Å². The zero-order chi connectivity index (χ0) is 33.5. The zero-order valence-electron chi connectivity index (χ0n) is 28.2. The Morgan fingerprint density at radius 3 is 2.50 bits per heavy atom. The molecule has 2 aliphatic carbocycles. The maximum absolute atomic E-state index is 14.6. The van der Waals surface area contributed by atoms with Gasteiger partial charge >= 0.3 is 6.09 Å². The average Bonchev–Trinajstić information content (AvgIpc) is 3.86. The Labute approximate surface area is 282 Å². The first kappa shape index (κ1) is 32.3. The monoisotopic (exact) mass is 652 g/mol. The van der Waals surface area contributed by atoms with Gasteiger partial charge in [0.05, 0.1) is 17.8 Å². The van der Waals surface area contributed by atoms with Gasteiger partial charge in [0.2, 0.25) is 0 Å². The second-order valence-corrected chi connectivity index (χ2v) is 15.4. The highest BCUT2D eigenvalue weighted by atomic mass is 19.1. The molecule has 0 radical (unpaired) electrons. The molecule has 7 rings (SSSR count). The van der Waals surface area contributed by atoms with Crippen LogP contribution in [0.5, 0.6) is 11.5 Å². The third-order valence-electron chi connectivity index (χ3n) is 10.2. The molecule has 252 valence electrons. The number of alkyl carbamates (subject to hydrolysis) is 1. The summed E-state index contributed by atoms with van der Waals surface area (Å²) in [6, 6.07) is 12.7. The summed E-state index contributed by atoms with van der Waals surface area (Å²) in [6.45, 7) is 10.8. The van der Waals surface area contributed by atoms with Crippen LogP contribution in [0.25, 0.3) is 11.1 Å². The standard InChI is InChI=1S/C38H45FN6O3/c1-37(2,3)48-36(46)43-29-10-4-25(5-11-29)14-15-44-20-38(21-44)22-45(23-38)35-34(19-41-24-42-35)47-33-13-9-28(39)17-32(33)30-12-6-26(18-40)16-31(30)27-7-8-27/h6,9,12-13,16-17,19,24-25,27,29H,4-5,7-8,10-11,14-15,20-23H2,1-3H3,(H,43,46)/t25-,29-. The summed E-state index contributed by atoms with van der Waals surface area (Å²) in [5, 5.41) is 12.5. The maximum Gasteiger partial charge on any atom is 0.407 e. The Kier molecular flexibility index (Phi) is 8.75. The topological polar surface area (TPSA) is 104 Å². The minimum atomic E-state index is -0.472. The third-order valence-corrected chi connectivity index (χ3v) is 10.2. The number of benzene rings is 2. The molecular weight excluding hydrogens is 607 g/mol. The number of nitriles is 1. The lowest BCUT2D eigenvalue weighted by Crippen LogP contribution is -2.72. The maximum atomic E-state index is 14.6. The molecule has 1 N–H and O–H groups in total. The molecule has 3 heterocycles. The first-order valence-electron chi connectivity index (χ1n) is 17.4. The molecular formula is C38H45FN6O3. The fourth-order valence-corrected chi connectivity index (χ4v) is 7.76. The van der Waals surface area contributed by atoms with Crippen molar-refractivity contribution in [2.45, 2.75) is 83.3 Å². The predicted molar refractivity (Wildman–Crippen MR) is 181 cm³/mol. The van der Waals surface area contributed by atoms with Crippen LogP contribution in [-0.4, -0.2) is 65.3 Å². The lowest BCUT2D eigenvalue weighted by molar-refractivity contribution is -0.0258. The van der Waals surface area contributed by atoms with Gasteiger partial charge in [-0.25, -0.2) is 19.2 Å². The van der Waals surface area contributed by atoms with E-state index in [1.165, 1.54) is 18.6 Å². The van der Waals surface area contributed by atoms with Crippen molar-refractivity contribution in [3.63, 3.8) is 0 Å². The number of amides is 1. The number of hydrogen-bond acceptors (Lipinski definition) is 8. The molecule has 2 aliphatic heterocycles. The van der Waals surface area contributed by atoms with Crippen LogP contribution in [0.15, 0.2) is 48.9 Å². The molecule has 2 aromatic carbocycles. The molecule has 1 aromatic heterocycles. The fraction of sp³-hybridized carbons (Fsp3) is 0.526. The Hall–Kier alpha value is -4.23. The molecule has 4 aliphatic rings. The van der Waals surface area contributed by atoms with Gasteiger partial charge in [-0.05, 0) is 126 Å². The molecule has 2 saturated carbocycles. The first-order valence-corrected chi connectivity index (χ1v) is 17.4. The van der Waals surface area contributed by atoms with Gasteiger partial charge in [-0.3, -0.25) is 0 Å². The number of halogens is 1. The lowest BCUT2D eigenvalue weighted by atomic mass is 9.72. The summed E-state index contributed by atoms with van der Waals surface area (Å²) >= 11 is 0. The Morgan fingerprint density at radius 1 is 1.02 bits per heavy atom. The summed E-state index contributed by atoms with van der Waals surface area (Å²) in [7, 11) is 0. The van der Waals surface area contributed by atoms with Crippen LogP contribution in [-0.2, 0) is 4.74 Å². The van der Waals surface area contributed by atoms with Crippen molar-refractivity contribution in [3.8, 4) is 28.7 Å². The number of anilines is 1. The highest BCUT2D eigenvalue weighted by Gasteiger charge is 2.52. The molecule has 0 unspecified atom stereocenters. The highest BCUT2D eigenvalue weighted by Crippen LogP contribution is 2.48. The van der Waals surface area contributed by atoms with E-state index in [1.54, 1.807) is 24.7 Å². The number of ether oxygens (including phenoxy) is 2. The van der Waals surface area contributed by atoms with Crippen molar-refractivity contribution in [2.75, 3.05) is 37.6 Å². The molecule has 0 atom stereocenters. The summed E-state index contributed by atoms with van der Waals surface area (Å²) in [5.74, 6) is 2.59. The van der Waals surface area contributed by atoms with Crippen molar-refractivity contribution in [2.24, 2.45) is 11.3 Å². The minimum absolute atomic E-state index is 0.214. The largest absolute Gasteiger partial charge is 0.451 e. The van der Waals surface area contributed by atoms with Crippen LogP contribution >= 0.6 is 0 Å². The van der Waals surface area contributed by atoms with E-state index < -0.39 is 5.60 Å². The normalized spacial score (nSPS) is 21.9. The second-order valence-electron chi connectivity index (χ2n) is 15.4. The summed E-state index contributed by atoms with van der Waals surface area (Å²) in [6.07, 6.45) is 10.6. The molecule has 9 nitrogen and oxygen atoms in total. The van der Waals surface area contributed by atoms with Gasteiger partial charge in [0.15, 0.2) is 11.6 Å². The molecule has 3 aromatic rings. The quantitative estimate of drug-likeness (QED) is 0.255. The fourth-order valence-electron chi connectivity index (χ4n) is 7.76. The third kappa shape index (κ3) is 7.26. The number of nitrogens with zero attached hydrogens (tertiary/aromatic N) is 5. The van der Waals surface area contributed by atoms with Crippen LogP contribution < -0.4 is 15.0 Å². The van der Waals surface area contributed by atoms with Gasteiger partial charge in [0.25, 0.3) is 0 Å². The molecule has 2 saturated heterocycles. The van der Waals surface area contributed by atoms with Crippen LogP contribution in [0, 0.1) is 28.5 Å². The molecule has 1 spiro atoms. The van der Waals surface area contributed by atoms with Gasteiger partial charge in [0, 0.05) is 43.2 Å². The lowest BCUT2D eigenvalue weighted by Gasteiger charge is -2.61. The van der Waals surface area contributed by atoms with Crippen molar-refractivity contribution < 1.29 is 18.7 Å². The number of likely N-dealkylation sites (tertiary alicyclic amines) is 1. The molecule has 48 heavy (non-hydrogen) atoms. The van der Waals surface area contributed by atoms with Crippen LogP contribution in [0.2, 0.25) is 0 Å². The Balaban J connectivity index is 0.923. The summed E-state index contributed by atoms with van der Waals surface area (Å²) in [5.41, 5.74) is 3.04. The Bertz CT molecular complexity index is 1690. The summed E-state index contributed by atoms with van der Waals surface area (Å²) in [4.78, 5) is 25.8. The van der Waals surface area contributed by atoms with E-state index in [4.69, 9.17) is 9.47 Å². The number of hydrogen-bond donors (Lipinski definition) is 1. The van der Waals surface area contributed by atoms with E-state index in [1.807, 2.05) is 32.9 Å². The first-order chi connectivity index (χ1) is 23.1. The van der Waals surface area contributed by atoms with E-state index in [9.17, 15) is 14.4 Å². The van der Waals surface area contributed by atoms with Gasteiger partial charge in [-0.15, -0.1) is 0 Å². The van der Waals surface area contributed by atoms with Crippen molar-refractivity contribution in [1.29, 1.82) is 5.26 Å². The molecule has 4 fully saturated rings. The molecule has 10 heteroatoms. The average molecular weight is 653 g/mol. The van der Waals surface area contributed by atoms with Gasteiger partial charge < -0.3 is 24.6 Å². The smallest absolute Gasteiger partial charge is 0.407 e. The number of nitrogens with one attached hydrogen (secondary N) is 1. The van der Waals surface area contributed by atoms with Crippen LogP contribution in [0.1, 0.15) is 82.8 Å². The van der Waals surface area contributed by atoms with E-state index >= 15 is 0 Å². The van der Waals surface area contributed by atoms with Crippen LogP contribution in [0.3, 0.4) is 0 Å². The predicted octanol–water partition coefficient (Wildman–Crippen LogP) is 7.42. The Morgan fingerprint density at radius 2 is 1.79 bits per heavy atom. The zero-order valence-corrected chi connectivity index (χ0v) is 28.2. The van der Waals surface area contributed by atoms with E-state index in [2.05, 4.69) is 31.2 Å². The number of aromatic nitrogens is 2. The van der Waals surface area contributed by atoms with Gasteiger partial charge in [-0.1, -0.05) is 6.07 Å². The van der Waals surface area contributed by atoms with E-state index in [0.717, 1.165) is 88.2 Å². The van der Waals surface area contributed by atoms with E-state index in [0.29, 0.717) is 34.5 Å². The molecule has 1 amide bonds. The van der Waals surface area contributed by atoms with Gasteiger partial charge in [-0.2, -0.15) is 5.26 Å². The molecule has 0 bridgehead atoms. The number of carbonyl (C=O) groups is 1. The SMILES string of the molecule is CC(C)(C)OC(=O)N[C@H]1CC[C@H](CCN2CC3(C2)CN(c2ncncc2Oc2ccc(F)cc2-c2ccc(C#N)cc2C2CC2)C3)CC1.